The van der Waals surface area contributed by atoms with Crippen LogP contribution >= 0.6 is 0 Å². The molecule has 1 aromatic rings. The lowest BCUT2D eigenvalue weighted by atomic mass is 9.97. The first-order valence-corrected chi connectivity index (χ1v) is 6.02. The van der Waals surface area contributed by atoms with Crippen LogP contribution in [-0.2, 0) is 9.59 Å². The minimum Gasteiger partial charge on any atom is -0.481 e. The Kier molecular flexibility index (Phi) is 3.44. The van der Waals surface area contributed by atoms with E-state index in [-0.39, 0.29) is 6.54 Å². The molecule has 0 saturated carbocycles. The maximum atomic E-state index is 12.4. The first-order chi connectivity index (χ1) is 9.36. The zero-order chi connectivity index (χ0) is 14.9. The van der Waals surface area contributed by atoms with Crippen LogP contribution in [0.2, 0.25) is 0 Å². The van der Waals surface area contributed by atoms with Gasteiger partial charge in [0.25, 0.3) is 11.8 Å². The molecule has 0 atom stereocenters. The van der Waals surface area contributed by atoms with Crippen molar-refractivity contribution in [3.63, 3.8) is 0 Å². The Balaban J connectivity index is 2.30. The van der Waals surface area contributed by atoms with Crippen LogP contribution in [0.4, 0.5) is 0 Å². The van der Waals surface area contributed by atoms with Gasteiger partial charge in [0.1, 0.15) is 12.1 Å². The molecular weight excluding hydrogens is 262 g/mol. The van der Waals surface area contributed by atoms with Crippen LogP contribution in [0, 0.1) is 0 Å². The summed E-state index contributed by atoms with van der Waals surface area (Å²) in [4.78, 5) is 40.9. The van der Waals surface area contributed by atoms with Gasteiger partial charge in [-0.3, -0.25) is 19.7 Å². The van der Waals surface area contributed by atoms with Crippen molar-refractivity contribution < 1.29 is 19.1 Å². The second-order valence-electron chi connectivity index (χ2n) is 4.92. The van der Waals surface area contributed by atoms with Crippen LogP contribution in [0.5, 0.6) is 5.88 Å². The van der Waals surface area contributed by atoms with Gasteiger partial charge >= 0.3 is 0 Å². The van der Waals surface area contributed by atoms with E-state index in [1.165, 1.54) is 18.2 Å². The molecule has 0 aliphatic carbocycles. The SMILES string of the molecule is COc1ccc(C(=O)N2CC(=O)NC(=O)C2(C)C)cn1. The fraction of sp³-hybridized carbons (Fsp3) is 0.385. The normalized spacial score (nSPS) is 17.6. The quantitative estimate of drug-likeness (QED) is 0.767. The Hall–Kier alpha value is -2.44. The number of aromatic nitrogens is 1. The maximum absolute atomic E-state index is 12.4. The molecule has 2 rings (SSSR count). The number of carbonyl (C=O) groups is 3. The molecule has 1 fully saturated rings. The number of carbonyl (C=O) groups excluding carboxylic acids is 3. The van der Waals surface area contributed by atoms with E-state index in [4.69, 9.17) is 4.74 Å². The molecule has 0 spiro atoms. The summed E-state index contributed by atoms with van der Waals surface area (Å²) >= 11 is 0. The van der Waals surface area contributed by atoms with Gasteiger partial charge in [-0.25, -0.2) is 4.98 Å². The van der Waals surface area contributed by atoms with E-state index in [0.717, 1.165) is 0 Å². The number of nitrogens with zero attached hydrogens (tertiary/aromatic N) is 2. The summed E-state index contributed by atoms with van der Waals surface area (Å²) in [5.41, 5.74) is -0.799. The molecule has 0 radical (unpaired) electrons. The lowest BCUT2D eigenvalue weighted by Gasteiger charge is -2.40. The van der Waals surface area contributed by atoms with Gasteiger partial charge < -0.3 is 9.64 Å². The smallest absolute Gasteiger partial charge is 0.256 e. The van der Waals surface area contributed by atoms with Gasteiger partial charge in [0.15, 0.2) is 0 Å². The van der Waals surface area contributed by atoms with E-state index in [0.29, 0.717) is 11.4 Å². The highest BCUT2D eigenvalue weighted by molar-refractivity contribution is 6.08. The molecule has 0 bridgehead atoms. The van der Waals surface area contributed by atoms with Crippen molar-refractivity contribution in [2.24, 2.45) is 0 Å². The van der Waals surface area contributed by atoms with E-state index in [9.17, 15) is 14.4 Å². The molecule has 1 N–H and O–H groups in total. The molecule has 1 saturated heterocycles. The summed E-state index contributed by atoms with van der Waals surface area (Å²) in [6, 6.07) is 3.09. The summed E-state index contributed by atoms with van der Waals surface area (Å²) in [5, 5.41) is 2.22. The fourth-order valence-electron chi connectivity index (χ4n) is 1.89. The Morgan fingerprint density at radius 2 is 2.10 bits per heavy atom. The van der Waals surface area contributed by atoms with E-state index in [1.54, 1.807) is 26.0 Å². The molecule has 3 amide bonds. The topological polar surface area (TPSA) is 88.6 Å². The van der Waals surface area contributed by atoms with Crippen molar-refractivity contribution in [1.82, 2.24) is 15.2 Å². The summed E-state index contributed by atoms with van der Waals surface area (Å²) in [6.07, 6.45) is 1.36. The van der Waals surface area contributed by atoms with Gasteiger partial charge in [-0.2, -0.15) is 0 Å². The Labute approximate surface area is 115 Å². The van der Waals surface area contributed by atoms with Gasteiger partial charge in [-0.15, -0.1) is 0 Å². The second-order valence-corrected chi connectivity index (χ2v) is 4.92. The van der Waals surface area contributed by atoms with Crippen molar-refractivity contribution in [2.75, 3.05) is 13.7 Å². The van der Waals surface area contributed by atoms with Crippen LogP contribution in [-0.4, -0.2) is 46.8 Å². The van der Waals surface area contributed by atoms with Gasteiger partial charge in [-0.1, -0.05) is 0 Å². The Bertz CT molecular complexity index is 565. The number of hydrogen-bond acceptors (Lipinski definition) is 5. The molecule has 1 aromatic heterocycles. The fourth-order valence-corrected chi connectivity index (χ4v) is 1.89. The third kappa shape index (κ3) is 2.34. The van der Waals surface area contributed by atoms with E-state index in [1.807, 2.05) is 0 Å². The van der Waals surface area contributed by atoms with Gasteiger partial charge in [0.2, 0.25) is 11.8 Å². The lowest BCUT2D eigenvalue weighted by Crippen LogP contribution is -2.65. The lowest BCUT2D eigenvalue weighted by molar-refractivity contribution is -0.143. The minimum atomic E-state index is -1.09. The van der Waals surface area contributed by atoms with Crippen molar-refractivity contribution in [3.05, 3.63) is 23.9 Å². The highest BCUT2D eigenvalue weighted by atomic mass is 16.5. The molecule has 7 nitrogen and oxygen atoms in total. The summed E-state index contributed by atoms with van der Waals surface area (Å²) in [7, 11) is 1.47. The zero-order valence-electron chi connectivity index (χ0n) is 11.5. The number of pyridine rings is 1. The van der Waals surface area contributed by atoms with E-state index < -0.39 is 23.3 Å². The number of nitrogens with one attached hydrogen (secondary N) is 1. The number of methoxy groups -OCH3 is 1. The molecule has 2 heterocycles. The first kappa shape index (κ1) is 14.0. The Morgan fingerprint density at radius 1 is 1.40 bits per heavy atom. The summed E-state index contributed by atoms with van der Waals surface area (Å²) in [6.45, 7) is 3.01. The molecule has 1 aliphatic rings. The van der Waals surface area contributed by atoms with Crippen molar-refractivity contribution in [2.45, 2.75) is 19.4 Å². The molecular formula is C13H15N3O4. The highest BCUT2D eigenvalue weighted by Gasteiger charge is 2.43. The van der Waals surface area contributed by atoms with Crippen molar-refractivity contribution in [1.29, 1.82) is 0 Å². The van der Waals surface area contributed by atoms with Gasteiger partial charge in [-0.05, 0) is 19.9 Å². The molecule has 20 heavy (non-hydrogen) atoms. The third-order valence-electron chi connectivity index (χ3n) is 3.22. The Morgan fingerprint density at radius 3 is 2.65 bits per heavy atom. The number of imide groups is 1. The van der Waals surface area contributed by atoms with Crippen LogP contribution < -0.4 is 10.1 Å². The molecule has 1 aliphatic heterocycles. The first-order valence-electron chi connectivity index (χ1n) is 6.02. The van der Waals surface area contributed by atoms with Crippen LogP contribution in [0.3, 0.4) is 0 Å². The van der Waals surface area contributed by atoms with Gasteiger partial charge in [0, 0.05) is 12.3 Å². The van der Waals surface area contributed by atoms with Crippen molar-refractivity contribution >= 4 is 17.7 Å². The highest BCUT2D eigenvalue weighted by Crippen LogP contribution is 2.21. The van der Waals surface area contributed by atoms with Gasteiger partial charge in [0.05, 0.1) is 12.7 Å². The van der Waals surface area contributed by atoms with E-state index in [2.05, 4.69) is 10.3 Å². The molecule has 0 unspecified atom stereocenters. The minimum absolute atomic E-state index is 0.163. The number of piperazine rings is 1. The number of ether oxygens (including phenoxy) is 1. The number of amides is 3. The zero-order valence-corrected chi connectivity index (χ0v) is 11.5. The largest absolute Gasteiger partial charge is 0.481 e. The number of rotatable bonds is 2. The predicted octanol–water partition coefficient (Wildman–Crippen LogP) is -0.0326. The van der Waals surface area contributed by atoms with Crippen LogP contribution in [0.25, 0.3) is 0 Å². The monoisotopic (exact) mass is 277 g/mol. The standard InChI is InChI=1S/C13H15N3O4/c1-13(2)12(19)15-9(17)7-16(13)11(18)8-4-5-10(20-3)14-6-8/h4-6H,7H2,1-3H3,(H,15,17,19). The summed E-state index contributed by atoms with van der Waals surface area (Å²) < 4.78 is 4.92. The number of hydrogen-bond donors (Lipinski definition) is 1. The average Bonchev–Trinajstić information content (AvgIpc) is 2.42. The van der Waals surface area contributed by atoms with Crippen LogP contribution in [0.15, 0.2) is 18.3 Å². The summed E-state index contributed by atoms with van der Waals surface area (Å²) in [5.74, 6) is -1.03. The predicted molar refractivity (Wildman–Crippen MR) is 69.1 cm³/mol. The molecule has 7 heteroatoms. The molecule has 0 aromatic carbocycles. The molecule has 106 valence electrons. The van der Waals surface area contributed by atoms with Crippen molar-refractivity contribution in [3.8, 4) is 5.88 Å². The maximum Gasteiger partial charge on any atom is 0.256 e. The third-order valence-corrected chi connectivity index (χ3v) is 3.22. The van der Waals surface area contributed by atoms with E-state index >= 15 is 0 Å². The average molecular weight is 277 g/mol. The van der Waals surface area contributed by atoms with Crippen LogP contribution in [0.1, 0.15) is 24.2 Å². The second kappa shape index (κ2) is 4.92.